The van der Waals surface area contributed by atoms with Crippen LogP contribution in [0, 0.1) is 5.82 Å². The fourth-order valence-electron chi connectivity index (χ4n) is 2.47. The quantitative estimate of drug-likeness (QED) is 0.469. The van der Waals surface area contributed by atoms with Crippen molar-refractivity contribution < 1.29 is 18.7 Å². The van der Waals surface area contributed by atoms with Gasteiger partial charge in [0.2, 0.25) is 11.0 Å². The molecule has 1 unspecified atom stereocenters. The maximum atomic E-state index is 13.0. The zero-order valence-corrected chi connectivity index (χ0v) is 18.3. The fraction of sp³-hybridized carbons (Fsp3) is 0.250. The molecule has 10 heteroatoms. The number of hydrogen-bond acceptors (Lipinski definition) is 8. The largest absolute Gasteiger partial charge is 0.493 e. The number of amides is 1. The van der Waals surface area contributed by atoms with Gasteiger partial charge >= 0.3 is 0 Å². The molecule has 1 heterocycles. The van der Waals surface area contributed by atoms with E-state index in [4.69, 9.17) is 9.47 Å². The Labute approximate surface area is 182 Å². The number of rotatable bonds is 9. The van der Waals surface area contributed by atoms with Crippen LogP contribution in [0.4, 0.5) is 15.2 Å². The molecule has 1 amide bonds. The van der Waals surface area contributed by atoms with Crippen molar-refractivity contribution in [3.63, 3.8) is 0 Å². The monoisotopic (exact) mass is 448 g/mol. The first kappa shape index (κ1) is 21.8. The van der Waals surface area contributed by atoms with Crippen molar-refractivity contribution in [3.8, 4) is 11.5 Å². The van der Waals surface area contributed by atoms with Crippen LogP contribution in [-0.2, 0) is 11.3 Å². The maximum Gasteiger partial charge on any atom is 0.237 e. The Morgan fingerprint density at radius 2 is 1.87 bits per heavy atom. The van der Waals surface area contributed by atoms with E-state index < -0.39 is 0 Å². The summed E-state index contributed by atoms with van der Waals surface area (Å²) in [6.07, 6.45) is 0. The number of anilines is 2. The number of thioether (sulfide) groups is 1. The van der Waals surface area contributed by atoms with Crippen LogP contribution in [0.2, 0.25) is 0 Å². The highest BCUT2D eigenvalue weighted by Gasteiger charge is 2.18. The molecule has 0 saturated heterocycles. The Hall–Kier alpha value is -2.85. The van der Waals surface area contributed by atoms with Crippen molar-refractivity contribution in [3.05, 3.63) is 53.8 Å². The van der Waals surface area contributed by atoms with Gasteiger partial charge in [0.05, 0.1) is 19.5 Å². The Morgan fingerprint density at radius 1 is 1.13 bits per heavy atom. The molecule has 0 bridgehead atoms. The molecule has 0 radical (unpaired) electrons. The molecule has 3 aromatic rings. The molecular weight excluding hydrogens is 427 g/mol. The average molecular weight is 449 g/mol. The second-order valence-corrected chi connectivity index (χ2v) is 8.74. The smallest absolute Gasteiger partial charge is 0.237 e. The molecule has 1 aromatic heterocycles. The lowest BCUT2D eigenvalue weighted by Gasteiger charge is -2.13. The molecule has 7 nitrogen and oxygen atoms in total. The van der Waals surface area contributed by atoms with E-state index in [-0.39, 0.29) is 17.0 Å². The van der Waals surface area contributed by atoms with E-state index in [2.05, 4.69) is 20.8 Å². The van der Waals surface area contributed by atoms with Gasteiger partial charge in [-0.2, -0.15) is 0 Å². The van der Waals surface area contributed by atoms with Crippen LogP contribution < -0.4 is 20.1 Å². The molecule has 0 aliphatic heterocycles. The van der Waals surface area contributed by atoms with Gasteiger partial charge in [-0.15, -0.1) is 10.2 Å². The van der Waals surface area contributed by atoms with E-state index in [1.807, 2.05) is 0 Å². The average Bonchev–Trinajstić information content (AvgIpc) is 3.20. The van der Waals surface area contributed by atoms with Crippen LogP contribution in [0.1, 0.15) is 12.5 Å². The molecule has 158 valence electrons. The highest BCUT2D eigenvalue weighted by atomic mass is 32.2. The van der Waals surface area contributed by atoms with Crippen LogP contribution in [0.25, 0.3) is 0 Å². The predicted octanol–water partition coefficient (Wildman–Crippen LogP) is 4.43. The van der Waals surface area contributed by atoms with E-state index in [1.54, 1.807) is 51.5 Å². The number of carbonyl (C=O) groups is 1. The predicted molar refractivity (Wildman–Crippen MR) is 117 cm³/mol. The number of benzene rings is 2. The van der Waals surface area contributed by atoms with Gasteiger partial charge in [-0.1, -0.05) is 35.2 Å². The number of halogens is 1. The minimum absolute atomic E-state index is 0.164. The van der Waals surface area contributed by atoms with E-state index in [9.17, 15) is 9.18 Å². The second kappa shape index (κ2) is 10.3. The fourth-order valence-corrected chi connectivity index (χ4v) is 4.36. The molecule has 0 fully saturated rings. The molecule has 0 aliphatic rings. The number of hydrogen-bond donors (Lipinski definition) is 2. The lowest BCUT2D eigenvalue weighted by molar-refractivity contribution is -0.115. The van der Waals surface area contributed by atoms with Crippen molar-refractivity contribution in [2.45, 2.75) is 23.1 Å². The number of nitrogens with zero attached hydrogens (tertiary/aromatic N) is 2. The SMILES string of the molecule is COc1ccc(NC(=O)C(C)Sc2nnc(NCc3ccc(F)cc3)s2)cc1OC. The van der Waals surface area contributed by atoms with Crippen molar-refractivity contribution in [1.82, 2.24) is 10.2 Å². The number of aromatic nitrogens is 2. The minimum atomic E-state index is -0.379. The first-order valence-corrected chi connectivity index (χ1v) is 10.7. The molecule has 1 atom stereocenters. The topological polar surface area (TPSA) is 85.4 Å². The molecule has 2 N–H and O–H groups in total. The van der Waals surface area contributed by atoms with E-state index in [0.717, 1.165) is 5.56 Å². The van der Waals surface area contributed by atoms with E-state index >= 15 is 0 Å². The summed E-state index contributed by atoms with van der Waals surface area (Å²) < 4.78 is 24.1. The number of methoxy groups -OCH3 is 2. The summed E-state index contributed by atoms with van der Waals surface area (Å²) in [5, 5.41) is 14.5. The number of carbonyl (C=O) groups excluding carboxylic acids is 1. The van der Waals surface area contributed by atoms with Crippen molar-refractivity contribution in [1.29, 1.82) is 0 Å². The van der Waals surface area contributed by atoms with E-state index in [0.29, 0.717) is 33.2 Å². The van der Waals surface area contributed by atoms with Gasteiger partial charge in [-0.3, -0.25) is 4.79 Å². The molecule has 3 rings (SSSR count). The number of ether oxygens (including phenoxy) is 2. The van der Waals surface area contributed by atoms with Crippen LogP contribution in [0.3, 0.4) is 0 Å². The first-order chi connectivity index (χ1) is 14.5. The molecule has 0 spiro atoms. The summed E-state index contributed by atoms with van der Waals surface area (Å²) in [6.45, 7) is 2.31. The summed E-state index contributed by atoms with van der Waals surface area (Å²) in [7, 11) is 3.10. The zero-order valence-electron chi connectivity index (χ0n) is 16.6. The summed E-state index contributed by atoms with van der Waals surface area (Å²) in [4.78, 5) is 12.5. The normalized spacial score (nSPS) is 11.6. The highest BCUT2D eigenvalue weighted by Crippen LogP contribution is 2.32. The molecule has 2 aromatic carbocycles. The van der Waals surface area contributed by atoms with Gasteiger partial charge in [-0.05, 0) is 36.8 Å². The summed E-state index contributed by atoms with van der Waals surface area (Å²) in [5.74, 6) is 0.695. The minimum Gasteiger partial charge on any atom is -0.493 e. The Balaban J connectivity index is 1.53. The lowest BCUT2D eigenvalue weighted by Crippen LogP contribution is -2.22. The lowest BCUT2D eigenvalue weighted by atomic mass is 10.2. The Morgan fingerprint density at radius 3 is 2.57 bits per heavy atom. The van der Waals surface area contributed by atoms with Gasteiger partial charge < -0.3 is 20.1 Å². The van der Waals surface area contributed by atoms with Gasteiger partial charge in [0.15, 0.2) is 15.8 Å². The van der Waals surface area contributed by atoms with Gasteiger partial charge in [0.1, 0.15) is 5.82 Å². The Bertz CT molecular complexity index is 998. The van der Waals surface area contributed by atoms with Crippen molar-refractivity contribution in [2.75, 3.05) is 24.9 Å². The zero-order chi connectivity index (χ0) is 21.5. The van der Waals surface area contributed by atoms with Crippen molar-refractivity contribution in [2.24, 2.45) is 0 Å². The molecule has 0 saturated carbocycles. The standard InChI is InChI=1S/C20H21FN4O3S2/c1-12(18(26)23-15-8-9-16(27-2)17(10-15)28-3)29-20-25-24-19(30-20)22-11-13-4-6-14(21)7-5-13/h4-10,12H,11H2,1-3H3,(H,22,24)(H,23,26). The van der Waals surface area contributed by atoms with Crippen LogP contribution >= 0.6 is 23.1 Å². The summed E-state index contributed by atoms with van der Waals surface area (Å²) in [5.41, 5.74) is 1.55. The van der Waals surface area contributed by atoms with E-state index in [1.165, 1.54) is 35.2 Å². The van der Waals surface area contributed by atoms with Crippen LogP contribution in [0.5, 0.6) is 11.5 Å². The molecular formula is C20H21FN4O3S2. The Kier molecular flexibility index (Phi) is 7.47. The van der Waals surface area contributed by atoms with Gasteiger partial charge in [0.25, 0.3) is 0 Å². The van der Waals surface area contributed by atoms with Crippen LogP contribution in [0.15, 0.2) is 46.8 Å². The van der Waals surface area contributed by atoms with Crippen molar-refractivity contribution >= 4 is 39.8 Å². The maximum absolute atomic E-state index is 13.0. The summed E-state index contributed by atoms with van der Waals surface area (Å²) >= 11 is 2.68. The third-order valence-corrected chi connectivity index (χ3v) is 6.13. The van der Waals surface area contributed by atoms with Gasteiger partial charge in [0, 0.05) is 18.3 Å². The molecule has 0 aliphatic carbocycles. The van der Waals surface area contributed by atoms with Gasteiger partial charge in [-0.25, -0.2) is 4.39 Å². The third kappa shape index (κ3) is 5.83. The second-order valence-electron chi connectivity index (χ2n) is 6.17. The highest BCUT2D eigenvalue weighted by molar-refractivity contribution is 8.02. The number of nitrogens with one attached hydrogen (secondary N) is 2. The van der Waals surface area contributed by atoms with Crippen LogP contribution in [-0.4, -0.2) is 35.6 Å². The molecule has 30 heavy (non-hydrogen) atoms. The summed E-state index contributed by atoms with van der Waals surface area (Å²) in [6, 6.07) is 11.4. The first-order valence-electron chi connectivity index (χ1n) is 9.00. The third-order valence-electron chi connectivity index (χ3n) is 4.06.